The molecule has 0 heterocycles. The Morgan fingerprint density at radius 1 is 1.24 bits per heavy atom. The molecular formula is C12H27NO3S. The summed E-state index contributed by atoms with van der Waals surface area (Å²) in [5.41, 5.74) is 0. The van der Waals surface area contributed by atoms with Crippen molar-refractivity contribution < 1.29 is 14.6 Å². The highest BCUT2D eigenvalue weighted by Crippen LogP contribution is 2.01. The highest BCUT2D eigenvalue weighted by Gasteiger charge is 2.02. The number of hydrogen-bond acceptors (Lipinski definition) is 5. The second-order valence-electron chi connectivity index (χ2n) is 3.98. The summed E-state index contributed by atoms with van der Waals surface area (Å²) in [6.45, 7) is 3.08. The van der Waals surface area contributed by atoms with Crippen LogP contribution >= 0.6 is 11.8 Å². The van der Waals surface area contributed by atoms with Crippen LogP contribution in [-0.4, -0.2) is 63.2 Å². The molecule has 2 N–H and O–H groups in total. The zero-order valence-electron chi connectivity index (χ0n) is 11.1. The van der Waals surface area contributed by atoms with Gasteiger partial charge in [0.15, 0.2) is 0 Å². The van der Waals surface area contributed by atoms with Gasteiger partial charge in [-0.05, 0) is 31.4 Å². The Morgan fingerprint density at radius 2 is 2.06 bits per heavy atom. The molecule has 0 fully saturated rings. The van der Waals surface area contributed by atoms with E-state index in [1.165, 1.54) is 25.0 Å². The Kier molecular flexibility index (Phi) is 14.4. The fraction of sp³-hybridized carbons (Fsp3) is 1.00. The summed E-state index contributed by atoms with van der Waals surface area (Å²) in [4.78, 5) is 0. The summed E-state index contributed by atoms with van der Waals surface area (Å²) in [6, 6.07) is 0. The summed E-state index contributed by atoms with van der Waals surface area (Å²) in [5.74, 6) is 1.25. The van der Waals surface area contributed by atoms with Gasteiger partial charge in [-0.3, -0.25) is 0 Å². The van der Waals surface area contributed by atoms with Gasteiger partial charge in [-0.25, -0.2) is 0 Å². The van der Waals surface area contributed by atoms with Crippen molar-refractivity contribution in [2.24, 2.45) is 0 Å². The Labute approximate surface area is 109 Å². The molecule has 0 amide bonds. The third-order valence-electron chi connectivity index (χ3n) is 2.32. The molecule has 0 aromatic rings. The normalized spacial score (nSPS) is 12.9. The Balaban J connectivity index is 3.08. The lowest BCUT2D eigenvalue weighted by molar-refractivity contribution is 0.0138. The zero-order valence-corrected chi connectivity index (χ0v) is 11.9. The second-order valence-corrected chi connectivity index (χ2v) is 4.96. The van der Waals surface area contributed by atoms with Gasteiger partial charge in [0.1, 0.15) is 0 Å². The molecule has 0 saturated heterocycles. The minimum atomic E-state index is -0.418. The predicted octanol–water partition coefficient (Wildman–Crippen LogP) is 1.13. The van der Waals surface area contributed by atoms with Crippen LogP contribution in [0.2, 0.25) is 0 Å². The van der Waals surface area contributed by atoms with Crippen LogP contribution in [0, 0.1) is 0 Å². The van der Waals surface area contributed by atoms with Crippen LogP contribution in [0.4, 0.5) is 0 Å². The maximum absolute atomic E-state index is 9.56. The van der Waals surface area contributed by atoms with Crippen molar-refractivity contribution in [2.75, 3.05) is 52.0 Å². The average Bonchev–Trinajstić information content (AvgIpc) is 2.33. The summed E-state index contributed by atoms with van der Waals surface area (Å²) in [5, 5.41) is 12.8. The number of rotatable bonds is 13. The lowest BCUT2D eigenvalue weighted by Gasteiger charge is -2.12. The van der Waals surface area contributed by atoms with Crippen molar-refractivity contribution in [1.82, 2.24) is 5.32 Å². The molecule has 0 saturated carbocycles. The van der Waals surface area contributed by atoms with Gasteiger partial charge in [-0.2, -0.15) is 11.8 Å². The minimum absolute atomic E-state index is 0.378. The van der Waals surface area contributed by atoms with E-state index in [0.717, 1.165) is 6.54 Å². The van der Waals surface area contributed by atoms with Crippen molar-refractivity contribution in [3.05, 3.63) is 0 Å². The molecular weight excluding hydrogens is 238 g/mol. The highest BCUT2D eigenvalue weighted by atomic mass is 32.2. The molecule has 0 spiro atoms. The molecule has 0 radical (unpaired) electrons. The summed E-state index contributed by atoms with van der Waals surface area (Å²) < 4.78 is 10.1. The van der Waals surface area contributed by atoms with Gasteiger partial charge in [0.2, 0.25) is 0 Å². The molecule has 1 unspecified atom stereocenters. The molecule has 104 valence electrons. The van der Waals surface area contributed by atoms with Crippen molar-refractivity contribution in [3.63, 3.8) is 0 Å². The Morgan fingerprint density at radius 3 is 2.76 bits per heavy atom. The largest absolute Gasteiger partial charge is 0.389 e. The lowest BCUT2D eigenvalue weighted by atomic mass is 10.2. The van der Waals surface area contributed by atoms with E-state index in [1.807, 2.05) is 11.8 Å². The number of unbranched alkanes of at least 4 members (excludes halogenated alkanes) is 2. The molecule has 0 aliphatic carbocycles. The van der Waals surface area contributed by atoms with E-state index in [1.54, 1.807) is 7.11 Å². The number of hydrogen-bond donors (Lipinski definition) is 2. The van der Waals surface area contributed by atoms with E-state index in [-0.39, 0.29) is 0 Å². The molecule has 5 heteroatoms. The van der Waals surface area contributed by atoms with Gasteiger partial charge in [0.25, 0.3) is 0 Å². The number of nitrogens with one attached hydrogen (secondary N) is 1. The van der Waals surface area contributed by atoms with Crippen LogP contribution < -0.4 is 5.32 Å². The van der Waals surface area contributed by atoms with Crippen molar-refractivity contribution in [2.45, 2.75) is 25.4 Å². The first-order valence-electron chi connectivity index (χ1n) is 6.25. The predicted molar refractivity (Wildman–Crippen MR) is 73.8 cm³/mol. The standard InChI is InChI=1S/C12H27NO3S/c1-15-7-8-16-11-12(14)10-13-6-4-3-5-9-17-2/h12-14H,3-11H2,1-2H3. The fourth-order valence-corrected chi connectivity index (χ4v) is 1.86. The van der Waals surface area contributed by atoms with Gasteiger partial charge in [0, 0.05) is 13.7 Å². The molecule has 1 atom stereocenters. The molecule has 0 aromatic heterocycles. The SMILES string of the molecule is COCCOCC(O)CNCCCCCSC. The topological polar surface area (TPSA) is 50.7 Å². The van der Waals surface area contributed by atoms with Gasteiger partial charge >= 0.3 is 0 Å². The van der Waals surface area contributed by atoms with E-state index < -0.39 is 6.10 Å². The van der Waals surface area contributed by atoms with Crippen LogP contribution in [0.3, 0.4) is 0 Å². The van der Waals surface area contributed by atoms with Crippen LogP contribution in [0.5, 0.6) is 0 Å². The number of methoxy groups -OCH3 is 1. The van der Waals surface area contributed by atoms with Crippen LogP contribution in [0.25, 0.3) is 0 Å². The van der Waals surface area contributed by atoms with E-state index in [2.05, 4.69) is 11.6 Å². The third-order valence-corrected chi connectivity index (χ3v) is 3.02. The molecule has 0 aliphatic rings. The third kappa shape index (κ3) is 14.1. The molecule has 4 nitrogen and oxygen atoms in total. The number of aliphatic hydroxyl groups is 1. The summed E-state index contributed by atoms with van der Waals surface area (Å²) in [6.07, 6.45) is 5.44. The van der Waals surface area contributed by atoms with E-state index in [0.29, 0.717) is 26.4 Å². The van der Waals surface area contributed by atoms with Gasteiger partial charge in [-0.1, -0.05) is 6.42 Å². The van der Waals surface area contributed by atoms with E-state index in [9.17, 15) is 5.11 Å². The van der Waals surface area contributed by atoms with Gasteiger partial charge in [0.05, 0.1) is 25.9 Å². The molecule has 0 aliphatic heterocycles. The first-order chi connectivity index (χ1) is 8.31. The lowest BCUT2D eigenvalue weighted by Crippen LogP contribution is -2.31. The van der Waals surface area contributed by atoms with Crippen molar-refractivity contribution in [1.29, 1.82) is 0 Å². The molecule has 0 bridgehead atoms. The zero-order chi connectivity index (χ0) is 12.8. The summed E-state index contributed by atoms with van der Waals surface area (Å²) in [7, 11) is 1.64. The van der Waals surface area contributed by atoms with Crippen LogP contribution in [0.1, 0.15) is 19.3 Å². The van der Waals surface area contributed by atoms with E-state index in [4.69, 9.17) is 9.47 Å². The number of ether oxygens (including phenoxy) is 2. The second kappa shape index (κ2) is 14.3. The number of thioether (sulfide) groups is 1. The monoisotopic (exact) mass is 265 g/mol. The summed E-state index contributed by atoms with van der Waals surface area (Å²) >= 11 is 1.90. The highest BCUT2D eigenvalue weighted by molar-refractivity contribution is 7.98. The number of aliphatic hydroxyl groups excluding tert-OH is 1. The maximum atomic E-state index is 9.56. The smallest absolute Gasteiger partial charge is 0.0897 e. The Hall–Kier alpha value is 0.190. The van der Waals surface area contributed by atoms with E-state index >= 15 is 0 Å². The quantitative estimate of drug-likeness (QED) is 0.489. The first kappa shape index (κ1) is 17.2. The van der Waals surface area contributed by atoms with Gasteiger partial charge < -0.3 is 19.9 Å². The van der Waals surface area contributed by atoms with Crippen LogP contribution in [0.15, 0.2) is 0 Å². The average molecular weight is 265 g/mol. The molecule has 0 aromatic carbocycles. The van der Waals surface area contributed by atoms with Gasteiger partial charge in [-0.15, -0.1) is 0 Å². The van der Waals surface area contributed by atoms with Crippen molar-refractivity contribution in [3.8, 4) is 0 Å². The Bertz CT molecular complexity index is 150. The fourth-order valence-electron chi connectivity index (χ4n) is 1.36. The molecule has 0 rings (SSSR count). The van der Waals surface area contributed by atoms with Crippen molar-refractivity contribution >= 4 is 11.8 Å². The van der Waals surface area contributed by atoms with Crippen LogP contribution in [-0.2, 0) is 9.47 Å². The first-order valence-corrected chi connectivity index (χ1v) is 7.65. The molecule has 17 heavy (non-hydrogen) atoms. The minimum Gasteiger partial charge on any atom is -0.389 e. The maximum Gasteiger partial charge on any atom is 0.0897 e.